The van der Waals surface area contributed by atoms with Gasteiger partial charge in [-0.15, -0.1) is 0 Å². The topological polar surface area (TPSA) is 148 Å². The molecular weight excluding hydrogens is 433 g/mol. The van der Waals surface area contributed by atoms with Crippen LogP contribution < -0.4 is 26.4 Å². The van der Waals surface area contributed by atoms with Gasteiger partial charge in [-0.2, -0.15) is 13.2 Å². The van der Waals surface area contributed by atoms with Crippen LogP contribution in [-0.4, -0.2) is 40.5 Å². The monoisotopic (exact) mass is 450 g/mol. The number of aromatic nitrogens is 2. The number of nitrogens with two attached hydrogens (primary N) is 1. The maximum absolute atomic E-state index is 12.6. The summed E-state index contributed by atoms with van der Waals surface area (Å²) >= 11 is 0. The van der Waals surface area contributed by atoms with E-state index in [-0.39, 0.29) is 41.8 Å². The Hall–Kier alpha value is -4.16. The zero-order chi connectivity index (χ0) is 23.5. The van der Waals surface area contributed by atoms with Crippen molar-refractivity contribution < 1.29 is 32.3 Å². The molecule has 0 saturated heterocycles. The van der Waals surface area contributed by atoms with Gasteiger partial charge in [-0.25, -0.2) is 9.97 Å². The Morgan fingerprint density at radius 2 is 2.00 bits per heavy atom. The lowest BCUT2D eigenvalue weighted by molar-refractivity contribution is -0.172. The molecule has 2 aromatic rings. The first kappa shape index (κ1) is 22.5. The van der Waals surface area contributed by atoms with Crippen molar-refractivity contribution in [2.24, 2.45) is 0 Å². The molecule has 5 N–H and O–H groups in total. The first-order valence-corrected chi connectivity index (χ1v) is 9.09. The molecule has 0 saturated carbocycles. The van der Waals surface area contributed by atoms with Crippen LogP contribution in [0.1, 0.15) is 28.7 Å². The van der Waals surface area contributed by atoms with Gasteiger partial charge in [0.15, 0.2) is 12.3 Å². The molecule has 0 aliphatic carbocycles. The van der Waals surface area contributed by atoms with Crippen LogP contribution in [0.15, 0.2) is 30.6 Å². The second-order valence-electron chi connectivity index (χ2n) is 6.49. The fourth-order valence-corrected chi connectivity index (χ4v) is 2.76. The molecular formula is C19H17F3N6O4. The van der Waals surface area contributed by atoms with Crippen LogP contribution in [0.3, 0.4) is 0 Å². The number of amides is 3. The van der Waals surface area contributed by atoms with Crippen molar-refractivity contribution in [1.82, 2.24) is 20.6 Å². The Morgan fingerprint density at radius 3 is 2.69 bits per heavy atom. The van der Waals surface area contributed by atoms with Gasteiger partial charge in [-0.1, -0.05) is 12.1 Å². The summed E-state index contributed by atoms with van der Waals surface area (Å²) in [6.07, 6.45) is -3.02. The maximum Gasteiger partial charge on any atom is 0.471 e. The molecule has 1 aromatic carbocycles. The lowest BCUT2D eigenvalue weighted by Gasteiger charge is -2.18. The summed E-state index contributed by atoms with van der Waals surface area (Å²) in [5, 5.41) is 6.89. The van der Waals surface area contributed by atoms with E-state index in [1.165, 1.54) is 6.92 Å². The third-order valence-electron chi connectivity index (χ3n) is 4.28. The predicted molar refractivity (Wildman–Crippen MR) is 106 cm³/mol. The fourth-order valence-electron chi connectivity index (χ4n) is 2.76. The van der Waals surface area contributed by atoms with Gasteiger partial charge in [-0.05, 0) is 24.6 Å². The van der Waals surface area contributed by atoms with E-state index in [0.29, 0.717) is 17.0 Å². The molecule has 0 spiro atoms. The van der Waals surface area contributed by atoms with E-state index in [1.54, 1.807) is 23.5 Å². The molecule has 0 radical (unpaired) electrons. The molecule has 0 unspecified atom stereocenters. The molecule has 0 bridgehead atoms. The summed E-state index contributed by atoms with van der Waals surface area (Å²) in [5.41, 5.74) is 5.81. The Balaban J connectivity index is 1.75. The van der Waals surface area contributed by atoms with Crippen LogP contribution in [0.4, 0.5) is 24.5 Å². The third-order valence-corrected chi connectivity index (χ3v) is 4.28. The highest BCUT2D eigenvalue weighted by atomic mass is 19.4. The Morgan fingerprint density at radius 1 is 1.28 bits per heavy atom. The maximum atomic E-state index is 12.6. The summed E-state index contributed by atoms with van der Waals surface area (Å²) in [5.74, 6) is -2.75. The van der Waals surface area contributed by atoms with Crippen LogP contribution in [0, 0.1) is 0 Å². The zero-order valence-electron chi connectivity index (χ0n) is 16.5. The molecule has 1 aromatic heterocycles. The van der Waals surface area contributed by atoms with Crippen molar-refractivity contribution in [2.45, 2.75) is 19.6 Å². The van der Waals surface area contributed by atoms with E-state index < -0.39 is 18.0 Å². The first-order valence-electron chi connectivity index (χ1n) is 9.09. The van der Waals surface area contributed by atoms with Crippen LogP contribution >= 0.6 is 0 Å². The number of rotatable bonds is 5. The number of hydrogen-bond donors (Lipinski definition) is 4. The molecule has 1 aliphatic heterocycles. The number of alkyl halides is 3. The van der Waals surface area contributed by atoms with Crippen molar-refractivity contribution in [3.63, 3.8) is 0 Å². The number of allylic oxidation sites excluding steroid dienone is 1. The highest BCUT2D eigenvalue weighted by Gasteiger charge is 2.39. The van der Waals surface area contributed by atoms with E-state index in [4.69, 9.17) is 10.5 Å². The number of anilines is 2. The Bertz CT molecular complexity index is 1120. The lowest BCUT2D eigenvalue weighted by atomic mass is 10.1. The third kappa shape index (κ3) is 4.94. The largest absolute Gasteiger partial charge is 0.482 e. The number of carbonyl (C=O) groups is 3. The molecule has 1 aliphatic rings. The predicted octanol–water partition coefficient (Wildman–Crippen LogP) is 1.36. The van der Waals surface area contributed by atoms with E-state index >= 15 is 0 Å². The fraction of sp³-hybridized carbons (Fsp3) is 0.211. The van der Waals surface area contributed by atoms with Gasteiger partial charge in [0, 0.05) is 6.54 Å². The van der Waals surface area contributed by atoms with Crippen molar-refractivity contribution in [2.75, 3.05) is 17.7 Å². The molecule has 3 amide bonds. The average Bonchev–Trinajstić information content (AvgIpc) is 2.75. The average molecular weight is 450 g/mol. The standard InChI is InChI=1S/C19H17F3N6O4/c1-2-10(28-18(31)19(20,21)22)15-14(23)16(26-8-25-15)17(30)24-6-9-3-4-12-11(5-9)27-13(29)7-32-12/h2-5,8H,6-7,23H2,1H3,(H,24,30)(H,27,29)(H,28,31)/b10-2+. The van der Waals surface area contributed by atoms with Gasteiger partial charge in [-0.3, -0.25) is 14.4 Å². The van der Waals surface area contributed by atoms with Gasteiger partial charge in [0.1, 0.15) is 17.8 Å². The quantitative estimate of drug-likeness (QED) is 0.537. The number of halogens is 3. The first-order chi connectivity index (χ1) is 15.1. The normalized spacial score (nSPS) is 13.5. The summed E-state index contributed by atoms with van der Waals surface area (Å²) in [7, 11) is 0. The van der Waals surface area contributed by atoms with E-state index in [2.05, 4.69) is 20.6 Å². The van der Waals surface area contributed by atoms with Gasteiger partial charge in [0.05, 0.1) is 17.1 Å². The van der Waals surface area contributed by atoms with Crippen LogP contribution in [0.5, 0.6) is 5.75 Å². The minimum absolute atomic E-state index is 0.0298. The molecule has 32 heavy (non-hydrogen) atoms. The number of nitrogens with one attached hydrogen (secondary N) is 3. The number of nitrogen functional groups attached to an aromatic ring is 1. The summed E-state index contributed by atoms with van der Waals surface area (Å²) < 4.78 is 42.9. The number of nitrogens with zero attached hydrogens (tertiary/aromatic N) is 2. The second kappa shape index (κ2) is 8.91. The van der Waals surface area contributed by atoms with Crippen molar-refractivity contribution in [3.8, 4) is 5.75 Å². The molecule has 0 atom stereocenters. The molecule has 3 rings (SSSR count). The molecule has 2 heterocycles. The number of benzene rings is 1. The van der Waals surface area contributed by atoms with E-state index in [1.807, 2.05) is 0 Å². The van der Waals surface area contributed by atoms with Crippen LogP contribution in [0.25, 0.3) is 5.70 Å². The highest BCUT2D eigenvalue weighted by molar-refractivity contribution is 6.00. The van der Waals surface area contributed by atoms with Crippen LogP contribution in [-0.2, 0) is 16.1 Å². The number of ether oxygens (including phenoxy) is 1. The molecule has 168 valence electrons. The SMILES string of the molecule is C/C=C(/NC(=O)C(F)(F)F)c1ncnc(C(=O)NCc2ccc3c(c2)NC(=O)CO3)c1N. The Labute approximate surface area is 179 Å². The van der Waals surface area contributed by atoms with Gasteiger partial charge >= 0.3 is 12.1 Å². The van der Waals surface area contributed by atoms with Crippen molar-refractivity contribution >= 4 is 34.8 Å². The summed E-state index contributed by atoms with van der Waals surface area (Å²) in [6, 6.07) is 4.93. The van der Waals surface area contributed by atoms with Crippen molar-refractivity contribution in [3.05, 3.63) is 47.6 Å². The minimum Gasteiger partial charge on any atom is -0.482 e. The lowest BCUT2D eigenvalue weighted by Crippen LogP contribution is -2.36. The number of carbonyl (C=O) groups excluding carboxylic acids is 3. The number of fused-ring (bicyclic) bond motifs is 1. The summed E-state index contributed by atoms with van der Waals surface area (Å²) in [4.78, 5) is 42.8. The molecule has 13 heteroatoms. The van der Waals surface area contributed by atoms with Crippen LogP contribution in [0.2, 0.25) is 0 Å². The Kier molecular flexibility index (Phi) is 6.27. The molecule has 10 nitrogen and oxygen atoms in total. The van der Waals surface area contributed by atoms with Crippen molar-refractivity contribution in [1.29, 1.82) is 0 Å². The summed E-state index contributed by atoms with van der Waals surface area (Å²) in [6.45, 7) is 1.31. The van der Waals surface area contributed by atoms with E-state index in [9.17, 15) is 27.6 Å². The second-order valence-corrected chi connectivity index (χ2v) is 6.49. The molecule has 0 fully saturated rings. The van der Waals surface area contributed by atoms with Gasteiger partial charge in [0.25, 0.3) is 11.8 Å². The zero-order valence-corrected chi connectivity index (χ0v) is 16.5. The van der Waals surface area contributed by atoms with Gasteiger partial charge < -0.3 is 26.4 Å². The number of hydrogen-bond acceptors (Lipinski definition) is 7. The minimum atomic E-state index is -5.12. The van der Waals surface area contributed by atoms with E-state index in [0.717, 1.165) is 12.4 Å². The highest BCUT2D eigenvalue weighted by Crippen LogP contribution is 2.28. The smallest absolute Gasteiger partial charge is 0.471 e. The van der Waals surface area contributed by atoms with Gasteiger partial charge in [0.2, 0.25) is 0 Å².